The number of alkyl halides is 2. The van der Waals surface area contributed by atoms with Crippen LogP contribution in [-0.2, 0) is 9.59 Å². The van der Waals surface area contributed by atoms with E-state index in [0.29, 0.717) is 21.5 Å². The van der Waals surface area contributed by atoms with E-state index in [1.807, 2.05) is 0 Å². The van der Waals surface area contributed by atoms with Gasteiger partial charge in [0.2, 0.25) is 11.8 Å². The van der Waals surface area contributed by atoms with E-state index in [9.17, 15) is 9.59 Å². The molecule has 4 fully saturated rings. The maximum absolute atomic E-state index is 13.1. The summed E-state index contributed by atoms with van der Waals surface area (Å²) in [5, 5.41) is 0. The van der Waals surface area contributed by atoms with E-state index in [-0.39, 0.29) is 23.8 Å². The Morgan fingerprint density at radius 3 is 2.43 bits per heavy atom. The number of hydrogen-bond donors (Lipinski definition) is 0. The molecule has 116 valence electrons. The number of nitrogens with zero attached hydrogens (tertiary/aromatic N) is 1. The smallest absolute Gasteiger partial charge is 0.236 e. The van der Waals surface area contributed by atoms with Crippen molar-refractivity contribution in [3.8, 4) is 0 Å². The number of carbonyl (C=O) groups excluding carboxylic acids is 2. The third-order valence-corrected chi connectivity index (χ3v) is 9.76. The number of imide groups is 1. The van der Waals surface area contributed by atoms with E-state index < -0.39 is 5.41 Å². The van der Waals surface area contributed by atoms with Crippen LogP contribution in [0.25, 0.3) is 0 Å². The van der Waals surface area contributed by atoms with Crippen LogP contribution in [0.4, 0.5) is 0 Å². The summed E-state index contributed by atoms with van der Waals surface area (Å²) in [7, 11) is 0. The van der Waals surface area contributed by atoms with Crippen LogP contribution in [0.15, 0.2) is 0 Å². The van der Waals surface area contributed by atoms with Crippen molar-refractivity contribution in [2.24, 2.45) is 23.2 Å². The van der Waals surface area contributed by atoms with Crippen LogP contribution in [0.1, 0.15) is 45.4 Å². The molecule has 2 amide bonds. The van der Waals surface area contributed by atoms with Crippen molar-refractivity contribution in [3.63, 3.8) is 0 Å². The van der Waals surface area contributed by atoms with Crippen LogP contribution in [0.5, 0.6) is 0 Å². The number of amides is 2. The summed E-state index contributed by atoms with van der Waals surface area (Å²) >= 11 is 7.52. The zero-order valence-corrected chi connectivity index (χ0v) is 15.4. The fraction of sp³-hybridized carbons (Fsp3) is 0.875. The summed E-state index contributed by atoms with van der Waals surface area (Å²) in [5.74, 6) is 0.776. The van der Waals surface area contributed by atoms with Crippen LogP contribution < -0.4 is 0 Å². The highest BCUT2D eigenvalue weighted by Gasteiger charge is 2.73. The molecule has 3 aliphatic carbocycles. The molecule has 0 radical (unpaired) electrons. The monoisotopic (exact) mass is 417 g/mol. The first-order valence-corrected chi connectivity index (χ1v) is 9.96. The molecule has 21 heavy (non-hydrogen) atoms. The fourth-order valence-electron chi connectivity index (χ4n) is 5.51. The molecule has 6 atom stereocenters. The second kappa shape index (κ2) is 4.80. The van der Waals surface area contributed by atoms with Crippen LogP contribution >= 0.6 is 31.9 Å². The molecule has 0 N–H and O–H groups in total. The normalized spacial score (nSPS) is 50.0. The lowest BCUT2D eigenvalue weighted by Gasteiger charge is -2.37. The fourth-order valence-corrected chi connectivity index (χ4v) is 7.55. The number of carbonyl (C=O) groups is 2. The Morgan fingerprint density at radius 1 is 1.10 bits per heavy atom. The van der Waals surface area contributed by atoms with Gasteiger partial charge in [-0.1, -0.05) is 51.1 Å². The van der Waals surface area contributed by atoms with Crippen molar-refractivity contribution in [3.05, 3.63) is 0 Å². The second-order valence-electron chi connectivity index (χ2n) is 7.46. The van der Waals surface area contributed by atoms with Crippen molar-refractivity contribution in [1.82, 2.24) is 4.90 Å². The second-order valence-corrected chi connectivity index (χ2v) is 9.58. The number of fused-ring (bicyclic) bond motifs is 5. The van der Waals surface area contributed by atoms with E-state index >= 15 is 0 Å². The van der Waals surface area contributed by atoms with Crippen LogP contribution in [0, 0.1) is 23.2 Å². The van der Waals surface area contributed by atoms with Crippen LogP contribution in [-0.4, -0.2) is 32.4 Å². The molecule has 0 aromatic heterocycles. The Balaban J connectivity index is 1.70. The van der Waals surface area contributed by atoms with Crippen molar-refractivity contribution in [1.29, 1.82) is 0 Å². The van der Waals surface area contributed by atoms with Crippen LogP contribution in [0.2, 0.25) is 0 Å². The molecule has 3 saturated carbocycles. The number of likely N-dealkylation sites (tertiary alicyclic amines) is 1. The molecule has 3 nitrogen and oxygen atoms in total. The van der Waals surface area contributed by atoms with Crippen molar-refractivity contribution in [2.45, 2.75) is 61.1 Å². The highest BCUT2D eigenvalue weighted by atomic mass is 79.9. The highest BCUT2D eigenvalue weighted by molar-refractivity contribution is 9.12. The van der Waals surface area contributed by atoms with Gasteiger partial charge >= 0.3 is 0 Å². The zero-order valence-electron chi connectivity index (χ0n) is 12.2. The van der Waals surface area contributed by atoms with Gasteiger partial charge in [-0.3, -0.25) is 14.5 Å². The predicted molar refractivity (Wildman–Crippen MR) is 87.4 cm³/mol. The third kappa shape index (κ3) is 1.71. The van der Waals surface area contributed by atoms with E-state index in [0.717, 1.165) is 32.1 Å². The summed E-state index contributed by atoms with van der Waals surface area (Å²) < 4.78 is 0. The molecule has 0 spiro atoms. The average molecular weight is 419 g/mol. The summed E-state index contributed by atoms with van der Waals surface area (Å²) in [6, 6.07) is 0.170. The highest BCUT2D eigenvalue weighted by Crippen LogP contribution is 2.66. The lowest BCUT2D eigenvalue weighted by molar-refractivity contribution is -0.145. The molecule has 4 aliphatic rings. The minimum atomic E-state index is -0.461. The summed E-state index contributed by atoms with van der Waals surface area (Å²) in [4.78, 5) is 28.5. The quantitative estimate of drug-likeness (QED) is 0.482. The van der Waals surface area contributed by atoms with Gasteiger partial charge in [-0.15, -0.1) is 0 Å². The Morgan fingerprint density at radius 2 is 1.76 bits per heavy atom. The van der Waals surface area contributed by atoms with Gasteiger partial charge in [0.1, 0.15) is 0 Å². The molecule has 2 bridgehead atoms. The molecule has 1 aliphatic heterocycles. The van der Waals surface area contributed by atoms with Gasteiger partial charge in [0.15, 0.2) is 0 Å². The Kier molecular flexibility index (Phi) is 3.35. The Labute approximate surface area is 142 Å². The SMILES string of the molecule is CC12C(=O)N(C3CCCCC3)C(=O)[C@H]1C1CC2C(Br)[C@@H]1Br. The largest absolute Gasteiger partial charge is 0.279 e. The standard InChI is InChI=1S/C16H21Br2NO2/c1-16-10-7-9(12(17)13(10)18)11(16)14(20)19(15(16)21)8-5-3-2-4-6-8/h8-13H,2-7H2,1H3/t9?,10?,11-,12-,13?,16?/m1/s1. The summed E-state index contributed by atoms with van der Waals surface area (Å²) in [6.45, 7) is 2.05. The van der Waals surface area contributed by atoms with Crippen molar-refractivity contribution < 1.29 is 9.59 Å². The van der Waals surface area contributed by atoms with Gasteiger partial charge in [-0.25, -0.2) is 0 Å². The topological polar surface area (TPSA) is 37.4 Å². The maximum Gasteiger partial charge on any atom is 0.236 e. The number of rotatable bonds is 1. The van der Waals surface area contributed by atoms with Gasteiger partial charge in [-0.05, 0) is 38.0 Å². The molecule has 4 rings (SSSR count). The average Bonchev–Trinajstić information content (AvgIpc) is 3.01. The van der Waals surface area contributed by atoms with E-state index in [1.54, 1.807) is 4.90 Å². The van der Waals surface area contributed by atoms with E-state index in [1.165, 1.54) is 6.42 Å². The van der Waals surface area contributed by atoms with Crippen molar-refractivity contribution in [2.75, 3.05) is 0 Å². The number of halogens is 2. The maximum atomic E-state index is 13.1. The number of hydrogen-bond acceptors (Lipinski definition) is 2. The summed E-state index contributed by atoms with van der Waals surface area (Å²) in [5.41, 5.74) is -0.461. The predicted octanol–water partition coefficient (Wildman–Crippen LogP) is 3.49. The Bertz CT molecular complexity index is 505. The molecule has 1 heterocycles. The first-order chi connectivity index (χ1) is 9.98. The first-order valence-electron chi connectivity index (χ1n) is 8.13. The van der Waals surface area contributed by atoms with Gasteiger partial charge in [0.25, 0.3) is 0 Å². The first kappa shape index (κ1) is 14.7. The molecule has 1 saturated heterocycles. The molecular formula is C16H21Br2NO2. The van der Waals surface area contributed by atoms with Crippen molar-refractivity contribution >= 4 is 43.7 Å². The summed E-state index contributed by atoms with van der Waals surface area (Å²) in [6.07, 6.45) is 6.56. The van der Waals surface area contributed by atoms with Gasteiger partial charge in [0.05, 0.1) is 11.3 Å². The lowest BCUT2D eigenvalue weighted by Crippen LogP contribution is -2.46. The third-order valence-electron chi connectivity index (χ3n) is 6.59. The molecule has 4 unspecified atom stereocenters. The molecular weight excluding hydrogens is 398 g/mol. The molecule has 0 aromatic rings. The molecule has 5 heteroatoms. The zero-order chi connectivity index (χ0) is 14.9. The van der Waals surface area contributed by atoms with Gasteiger partial charge < -0.3 is 0 Å². The Hall–Kier alpha value is 0.1000. The van der Waals surface area contributed by atoms with E-state index in [4.69, 9.17) is 0 Å². The van der Waals surface area contributed by atoms with E-state index in [2.05, 4.69) is 38.8 Å². The lowest BCUT2D eigenvalue weighted by atomic mass is 9.69. The molecule has 0 aromatic carbocycles. The van der Waals surface area contributed by atoms with Gasteiger partial charge in [-0.2, -0.15) is 0 Å². The van der Waals surface area contributed by atoms with Crippen LogP contribution in [0.3, 0.4) is 0 Å². The minimum Gasteiger partial charge on any atom is -0.279 e. The minimum absolute atomic E-state index is 0.0879. The van der Waals surface area contributed by atoms with Gasteiger partial charge in [0, 0.05) is 15.7 Å².